The number of rotatable bonds is 4. The van der Waals surface area contributed by atoms with Gasteiger partial charge in [0.2, 0.25) is 0 Å². The van der Waals surface area contributed by atoms with Crippen LogP contribution in [0.5, 0.6) is 0 Å². The number of nitrogens with one attached hydrogen (secondary N) is 1. The molecule has 19 heavy (non-hydrogen) atoms. The zero-order chi connectivity index (χ0) is 14.8. The third-order valence-corrected chi connectivity index (χ3v) is 2.82. The summed E-state index contributed by atoms with van der Waals surface area (Å²) in [6, 6.07) is 5.14. The van der Waals surface area contributed by atoms with Gasteiger partial charge in [0.05, 0.1) is 0 Å². The van der Waals surface area contributed by atoms with E-state index in [4.69, 9.17) is 0 Å². The highest BCUT2D eigenvalue weighted by atomic mass is 35.5. The first-order valence-corrected chi connectivity index (χ1v) is 5.72. The van der Waals surface area contributed by atoms with E-state index in [-0.39, 0.29) is 6.54 Å². The molecule has 0 aliphatic heterocycles. The summed E-state index contributed by atoms with van der Waals surface area (Å²) >= 11 is 4.21. The molecule has 0 saturated carbocycles. The fourth-order valence-electron chi connectivity index (χ4n) is 1.46. The van der Waals surface area contributed by atoms with Crippen molar-refractivity contribution in [1.82, 2.24) is 5.32 Å². The number of hydrogen-bond acceptors (Lipinski definition) is 1. The van der Waals surface area contributed by atoms with Gasteiger partial charge in [-0.15, -0.1) is 0 Å². The minimum Gasteiger partial charge on any atom is -0.347 e. The number of benzene rings is 1. The number of carbonyl (C=O) groups is 1. The number of aryl methyl sites for hydroxylation is 2. The van der Waals surface area contributed by atoms with Gasteiger partial charge in [-0.05, 0) is 36.6 Å². The van der Waals surface area contributed by atoms with Crippen LogP contribution in [0.1, 0.15) is 16.7 Å². The van der Waals surface area contributed by atoms with Gasteiger partial charge in [-0.1, -0.05) is 23.8 Å². The molecule has 1 N–H and O–H groups in total. The van der Waals surface area contributed by atoms with Crippen molar-refractivity contribution >= 4 is 17.5 Å². The Balaban J connectivity index is 2.75. The topological polar surface area (TPSA) is 29.1 Å². The highest BCUT2D eigenvalue weighted by molar-refractivity contribution is 6.24. The van der Waals surface area contributed by atoms with E-state index in [2.05, 4.69) is 11.6 Å². The molecular weight excluding hydrogens is 286 g/mol. The van der Waals surface area contributed by atoms with E-state index in [1.807, 2.05) is 6.92 Å². The molecule has 1 amide bonds. The maximum Gasteiger partial charge on any atom is 0.400 e. The predicted octanol–water partition coefficient (Wildman–Crippen LogP) is 3.39. The molecule has 0 bridgehead atoms. The van der Waals surface area contributed by atoms with Crippen LogP contribution in [0, 0.1) is 13.8 Å². The smallest absolute Gasteiger partial charge is 0.347 e. The Morgan fingerprint density at radius 3 is 2.32 bits per heavy atom. The Morgan fingerprint density at radius 1 is 1.26 bits per heavy atom. The van der Waals surface area contributed by atoms with E-state index < -0.39 is 17.2 Å². The average Bonchev–Trinajstić information content (AvgIpc) is 2.25. The van der Waals surface area contributed by atoms with Crippen LogP contribution >= 0.6 is 11.6 Å². The summed E-state index contributed by atoms with van der Waals surface area (Å²) in [5.74, 6) is -7.06. The summed E-state index contributed by atoms with van der Waals surface area (Å²) in [5, 5.41) is -3.16. The normalized spacial score (nSPS) is 12.4. The first kappa shape index (κ1) is 15.8. The summed E-state index contributed by atoms with van der Waals surface area (Å²) < 4.78 is 50.5. The SMILES string of the molecule is Cc1ccc(CNC(=O)C(F)(F)C(F)(F)Cl)c(C)c1. The van der Waals surface area contributed by atoms with E-state index in [9.17, 15) is 22.4 Å². The average molecular weight is 298 g/mol. The lowest BCUT2D eigenvalue weighted by molar-refractivity contribution is -0.180. The second-order valence-corrected chi connectivity index (χ2v) is 4.66. The summed E-state index contributed by atoms with van der Waals surface area (Å²) in [6.07, 6.45) is 0. The van der Waals surface area contributed by atoms with Crippen LogP contribution in [0.4, 0.5) is 17.6 Å². The predicted molar refractivity (Wildman–Crippen MR) is 63.5 cm³/mol. The largest absolute Gasteiger partial charge is 0.400 e. The molecule has 0 aliphatic carbocycles. The number of halogens is 5. The number of amides is 1. The molecule has 0 atom stereocenters. The van der Waals surface area contributed by atoms with E-state index in [1.165, 1.54) is 0 Å². The zero-order valence-corrected chi connectivity index (χ0v) is 11.0. The van der Waals surface area contributed by atoms with E-state index in [1.54, 1.807) is 30.4 Å². The second-order valence-electron chi connectivity index (χ2n) is 4.18. The van der Waals surface area contributed by atoms with Crippen LogP contribution in [0.3, 0.4) is 0 Å². The first-order chi connectivity index (χ1) is 8.55. The third-order valence-electron chi connectivity index (χ3n) is 2.58. The van der Waals surface area contributed by atoms with Gasteiger partial charge in [-0.3, -0.25) is 4.79 Å². The number of alkyl halides is 5. The van der Waals surface area contributed by atoms with E-state index >= 15 is 0 Å². The standard InChI is InChI=1S/C12H12ClF4NO/c1-7-3-4-9(8(2)5-7)6-18-10(19)11(14,15)12(13,16)17/h3-5H,6H2,1-2H3,(H,18,19). The maximum absolute atomic E-state index is 12.9. The molecule has 1 aromatic rings. The fraction of sp³-hybridized carbons (Fsp3) is 0.417. The number of hydrogen-bond donors (Lipinski definition) is 1. The molecule has 0 radical (unpaired) electrons. The van der Waals surface area contributed by atoms with Crippen molar-refractivity contribution in [1.29, 1.82) is 0 Å². The van der Waals surface area contributed by atoms with Gasteiger partial charge in [0.25, 0.3) is 5.91 Å². The molecule has 0 heterocycles. The summed E-state index contributed by atoms with van der Waals surface area (Å²) in [5.41, 5.74) is 2.29. The lowest BCUT2D eigenvalue weighted by Crippen LogP contribution is -2.49. The van der Waals surface area contributed by atoms with Crippen molar-refractivity contribution in [2.45, 2.75) is 31.7 Å². The Hall–Kier alpha value is -1.30. The molecule has 0 aliphatic rings. The summed E-state index contributed by atoms with van der Waals surface area (Å²) in [4.78, 5) is 11.0. The molecule has 0 spiro atoms. The lowest BCUT2D eigenvalue weighted by atomic mass is 10.1. The zero-order valence-electron chi connectivity index (χ0n) is 10.2. The first-order valence-electron chi connectivity index (χ1n) is 5.34. The molecule has 0 unspecified atom stereocenters. The highest BCUT2D eigenvalue weighted by Crippen LogP contribution is 2.37. The monoisotopic (exact) mass is 297 g/mol. The van der Waals surface area contributed by atoms with Crippen molar-refractivity contribution in [3.8, 4) is 0 Å². The van der Waals surface area contributed by atoms with Crippen molar-refractivity contribution in [2.24, 2.45) is 0 Å². The quantitative estimate of drug-likeness (QED) is 0.670. The molecule has 106 valence electrons. The number of carbonyl (C=O) groups excluding carboxylic acids is 1. The van der Waals surface area contributed by atoms with Gasteiger partial charge in [-0.2, -0.15) is 17.6 Å². The molecule has 1 rings (SSSR count). The van der Waals surface area contributed by atoms with Gasteiger partial charge >= 0.3 is 11.3 Å². The minimum atomic E-state index is -4.95. The van der Waals surface area contributed by atoms with E-state index in [0.29, 0.717) is 5.56 Å². The Bertz CT molecular complexity index is 485. The van der Waals surface area contributed by atoms with Crippen LogP contribution < -0.4 is 5.32 Å². The van der Waals surface area contributed by atoms with Crippen molar-refractivity contribution < 1.29 is 22.4 Å². The second kappa shape index (κ2) is 5.36. The van der Waals surface area contributed by atoms with Crippen LogP contribution in [-0.4, -0.2) is 17.2 Å². The maximum atomic E-state index is 12.9. The Kier molecular flexibility index (Phi) is 4.45. The molecule has 0 saturated heterocycles. The molecule has 1 aromatic carbocycles. The lowest BCUT2D eigenvalue weighted by Gasteiger charge is -2.20. The Labute approximate surface area is 112 Å². The summed E-state index contributed by atoms with van der Waals surface area (Å²) in [6.45, 7) is 3.30. The van der Waals surface area contributed by atoms with Crippen LogP contribution in [0.2, 0.25) is 0 Å². The van der Waals surface area contributed by atoms with E-state index in [0.717, 1.165) is 11.1 Å². The van der Waals surface area contributed by atoms with Crippen molar-refractivity contribution in [2.75, 3.05) is 0 Å². The van der Waals surface area contributed by atoms with Crippen molar-refractivity contribution in [3.05, 3.63) is 34.9 Å². The van der Waals surface area contributed by atoms with Crippen LogP contribution in [0.15, 0.2) is 18.2 Å². The minimum absolute atomic E-state index is 0.270. The fourth-order valence-corrected chi connectivity index (χ4v) is 1.55. The van der Waals surface area contributed by atoms with Gasteiger partial charge in [0.15, 0.2) is 0 Å². The molecule has 7 heteroatoms. The van der Waals surface area contributed by atoms with Crippen LogP contribution in [0.25, 0.3) is 0 Å². The summed E-state index contributed by atoms with van der Waals surface area (Å²) in [7, 11) is 0. The third kappa shape index (κ3) is 3.59. The van der Waals surface area contributed by atoms with Gasteiger partial charge in [0, 0.05) is 6.54 Å². The van der Waals surface area contributed by atoms with Crippen molar-refractivity contribution in [3.63, 3.8) is 0 Å². The molecule has 0 fully saturated rings. The van der Waals surface area contributed by atoms with Gasteiger partial charge < -0.3 is 5.32 Å². The molecule has 0 aromatic heterocycles. The Morgan fingerprint density at radius 2 is 1.84 bits per heavy atom. The van der Waals surface area contributed by atoms with Gasteiger partial charge in [0.1, 0.15) is 0 Å². The van der Waals surface area contributed by atoms with Crippen LogP contribution in [-0.2, 0) is 11.3 Å². The highest BCUT2D eigenvalue weighted by Gasteiger charge is 2.61. The molecule has 2 nitrogen and oxygen atoms in total. The molecular formula is C12H12ClF4NO. The van der Waals surface area contributed by atoms with Gasteiger partial charge in [-0.25, -0.2) is 0 Å².